The number of thiophene rings is 1. The molecule has 0 saturated heterocycles. The van der Waals surface area contributed by atoms with Crippen LogP contribution in [0.25, 0.3) is 0 Å². The molecule has 1 aromatic carbocycles. The molecule has 2 rings (SSSR count). The van der Waals surface area contributed by atoms with Crippen molar-refractivity contribution in [1.82, 2.24) is 0 Å². The summed E-state index contributed by atoms with van der Waals surface area (Å²) in [5.41, 5.74) is 0.831. The van der Waals surface area contributed by atoms with E-state index in [0.717, 1.165) is 17.6 Å². The number of hydrogen-bond donors (Lipinski definition) is 2. The second kappa shape index (κ2) is 6.96. The lowest BCUT2D eigenvalue weighted by atomic mass is 10.2. The maximum absolute atomic E-state index is 12.2. The molecule has 0 spiro atoms. The van der Waals surface area contributed by atoms with E-state index in [0.29, 0.717) is 15.8 Å². The van der Waals surface area contributed by atoms with E-state index in [2.05, 4.69) is 10.0 Å². The number of halogens is 2. The van der Waals surface area contributed by atoms with E-state index in [-0.39, 0.29) is 15.6 Å². The zero-order chi connectivity index (χ0) is 17.2. The molecule has 1 aromatic heterocycles. The Hall–Kier alpha value is -1.48. The van der Waals surface area contributed by atoms with E-state index >= 15 is 0 Å². The van der Waals surface area contributed by atoms with E-state index in [1.165, 1.54) is 25.3 Å². The summed E-state index contributed by atoms with van der Waals surface area (Å²) in [6.07, 6.45) is 1.02. The Kier molecular flexibility index (Phi) is 5.41. The maximum atomic E-state index is 12.2. The number of carbonyl (C=O) groups is 1. The number of anilines is 2. The van der Waals surface area contributed by atoms with E-state index in [4.69, 9.17) is 27.9 Å². The molecule has 0 fully saturated rings. The Balaban J connectivity index is 2.28. The molecule has 0 aliphatic carbocycles. The SMILES string of the molecule is COc1ccc(NC(=O)c2cc(Cl)sc2Cl)cc1NS(C)(=O)=O. The van der Waals surface area contributed by atoms with Gasteiger partial charge in [0, 0.05) is 5.69 Å². The average Bonchev–Trinajstić information content (AvgIpc) is 2.76. The predicted octanol–water partition coefficient (Wildman–Crippen LogP) is 3.69. The van der Waals surface area contributed by atoms with Gasteiger partial charge in [0.15, 0.2) is 0 Å². The smallest absolute Gasteiger partial charge is 0.258 e. The van der Waals surface area contributed by atoms with Crippen molar-refractivity contribution in [3.05, 3.63) is 38.5 Å². The first-order valence-corrected chi connectivity index (χ1v) is 9.58. The fourth-order valence-corrected chi connectivity index (χ4v) is 3.78. The minimum atomic E-state index is -3.49. The van der Waals surface area contributed by atoms with Crippen LogP contribution in [-0.2, 0) is 10.0 Å². The van der Waals surface area contributed by atoms with Gasteiger partial charge in [-0.2, -0.15) is 0 Å². The number of amides is 1. The van der Waals surface area contributed by atoms with Crippen molar-refractivity contribution in [3.8, 4) is 5.75 Å². The molecule has 1 heterocycles. The number of rotatable bonds is 5. The summed E-state index contributed by atoms with van der Waals surface area (Å²) in [6.45, 7) is 0. The third-order valence-corrected chi connectivity index (χ3v) is 4.73. The molecule has 2 aromatic rings. The molecule has 0 aliphatic heterocycles. The molecular formula is C13H12Cl2N2O4S2. The zero-order valence-electron chi connectivity index (χ0n) is 12.0. The van der Waals surface area contributed by atoms with Gasteiger partial charge in [0.2, 0.25) is 10.0 Å². The Morgan fingerprint density at radius 3 is 2.48 bits per heavy atom. The summed E-state index contributed by atoms with van der Waals surface area (Å²) in [7, 11) is -2.08. The topological polar surface area (TPSA) is 84.5 Å². The van der Waals surface area contributed by atoms with E-state index in [9.17, 15) is 13.2 Å². The van der Waals surface area contributed by atoms with Crippen molar-refractivity contribution in [1.29, 1.82) is 0 Å². The van der Waals surface area contributed by atoms with Crippen molar-refractivity contribution in [2.75, 3.05) is 23.4 Å². The van der Waals surface area contributed by atoms with Gasteiger partial charge in [0.1, 0.15) is 10.1 Å². The molecule has 6 nitrogen and oxygen atoms in total. The van der Waals surface area contributed by atoms with Crippen LogP contribution < -0.4 is 14.8 Å². The number of benzene rings is 1. The number of methoxy groups -OCH3 is 1. The summed E-state index contributed by atoms with van der Waals surface area (Å²) in [5.74, 6) is -0.126. The van der Waals surface area contributed by atoms with E-state index in [1.54, 1.807) is 6.07 Å². The lowest BCUT2D eigenvalue weighted by Crippen LogP contribution is -2.13. The molecule has 2 N–H and O–H groups in total. The van der Waals surface area contributed by atoms with Gasteiger partial charge in [-0.05, 0) is 24.3 Å². The molecule has 0 aliphatic rings. The fraction of sp³-hybridized carbons (Fsp3) is 0.154. The number of nitrogens with one attached hydrogen (secondary N) is 2. The van der Waals surface area contributed by atoms with E-state index < -0.39 is 15.9 Å². The predicted molar refractivity (Wildman–Crippen MR) is 93.8 cm³/mol. The first-order chi connectivity index (χ1) is 10.7. The highest BCUT2D eigenvalue weighted by molar-refractivity contribution is 7.92. The van der Waals surface area contributed by atoms with Gasteiger partial charge < -0.3 is 10.1 Å². The van der Waals surface area contributed by atoms with Gasteiger partial charge in [-0.25, -0.2) is 8.42 Å². The van der Waals surface area contributed by atoms with Crippen LogP contribution in [-0.4, -0.2) is 27.7 Å². The normalized spacial score (nSPS) is 11.1. The molecule has 0 bridgehead atoms. The highest BCUT2D eigenvalue weighted by Gasteiger charge is 2.16. The molecular weight excluding hydrogens is 383 g/mol. The van der Waals surface area contributed by atoms with Gasteiger partial charge in [-0.3, -0.25) is 9.52 Å². The lowest BCUT2D eigenvalue weighted by Gasteiger charge is -2.12. The Morgan fingerprint density at radius 2 is 1.96 bits per heavy atom. The Labute approximate surface area is 147 Å². The van der Waals surface area contributed by atoms with Crippen LogP contribution in [0.2, 0.25) is 8.67 Å². The molecule has 10 heteroatoms. The summed E-state index contributed by atoms with van der Waals surface area (Å²) in [6, 6.07) is 6.01. The molecule has 0 radical (unpaired) electrons. The molecule has 0 atom stereocenters. The van der Waals surface area contributed by atoms with Crippen LogP contribution in [0.1, 0.15) is 10.4 Å². The van der Waals surface area contributed by atoms with Crippen LogP contribution in [0.3, 0.4) is 0 Å². The van der Waals surface area contributed by atoms with Gasteiger partial charge >= 0.3 is 0 Å². The average molecular weight is 395 g/mol. The second-order valence-electron chi connectivity index (χ2n) is 4.48. The van der Waals surface area contributed by atoms with Gasteiger partial charge in [0.25, 0.3) is 5.91 Å². The highest BCUT2D eigenvalue weighted by Crippen LogP contribution is 2.33. The second-order valence-corrected chi connectivity index (χ2v) is 8.52. The molecule has 1 amide bonds. The van der Waals surface area contributed by atoms with Crippen LogP contribution in [0, 0.1) is 0 Å². The van der Waals surface area contributed by atoms with Crippen molar-refractivity contribution >= 4 is 61.8 Å². The molecule has 23 heavy (non-hydrogen) atoms. The third kappa shape index (κ3) is 4.74. The molecule has 0 saturated carbocycles. The fourth-order valence-electron chi connectivity index (χ4n) is 1.76. The Bertz CT molecular complexity index is 850. The quantitative estimate of drug-likeness (QED) is 0.809. The minimum Gasteiger partial charge on any atom is -0.495 e. The molecule has 124 valence electrons. The van der Waals surface area contributed by atoms with Gasteiger partial charge in [-0.1, -0.05) is 23.2 Å². The van der Waals surface area contributed by atoms with Gasteiger partial charge in [-0.15, -0.1) is 11.3 Å². The first-order valence-electron chi connectivity index (χ1n) is 6.11. The summed E-state index contributed by atoms with van der Waals surface area (Å²) in [5, 5.41) is 2.62. The zero-order valence-corrected chi connectivity index (χ0v) is 15.2. The summed E-state index contributed by atoms with van der Waals surface area (Å²) >= 11 is 12.8. The van der Waals surface area contributed by atoms with E-state index in [1.807, 2.05) is 0 Å². The van der Waals surface area contributed by atoms with Crippen molar-refractivity contribution < 1.29 is 17.9 Å². The highest BCUT2D eigenvalue weighted by atomic mass is 35.5. The van der Waals surface area contributed by atoms with Crippen LogP contribution in [0.15, 0.2) is 24.3 Å². The third-order valence-electron chi connectivity index (χ3n) is 2.65. The first kappa shape index (κ1) is 17.9. The summed E-state index contributed by atoms with van der Waals surface area (Å²) < 4.78 is 30.8. The van der Waals surface area contributed by atoms with Crippen molar-refractivity contribution in [2.24, 2.45) is 0 Å². The number of carbonyl (C=O) groups excluding carboxylic acids is 1. The van der Waals surface area contributed by atoms with Crippen molar-refractivity contribution in [3.63, 3.8) is 0 Å². The van der Waals surface area contributed by atoms with Gasteiger partial charge in [0.05, 0.1) is 29.0 Å². The lowest BCUT2D eigenvalue weighted by molar-refractivity contribution is 0.102. The van der Waals surface area contributed by atoms with Crippen LogP contribution >= 0.6 is 34.5 Å². The number of sulfonamides is 1. The number of hydrogen-bond acceptors (Lipinski definition) is 5. The van der Waals surface area contributed by atoms with Crippen LogP contribution in [0.5, 0.6) is 5.75 Å². The largest absolute Gasteiger partial charge is 0.495 e. The maximum Gasteiger partial charge on any atom is 0.258 e. The minimum absolute atomic E-state index is 0.210. The number of ether oxygens (including phenoxy) is 1. The van der Waals surface area contributed by atoms with Crippen LogP contribution in [0.4, 0.5) is 11.4 Å². The Morgan fingerprint density at radius 1 is 1.26 bits per heavy atom. The molecule has 0 unspecified atom stereocenters. The standard InChI is InChI=1S/C13H12Cl2N2O4S2/c1-21-10-4-3-7(5-9(10)17-23(2,19)20)16-13(18)8-6-11(14)22-12(8)15/h3-6,17H,1-2H3,(H,16,18). The van der Waals surface area contributed by atoms with Crippen molar-refractivity contribution in [2.45, 2.75) is 0 Å². The monoisotopic (exact) mass is 394 g/mol. The summed E-state index contributed by atoms with van der Waals surface area (Å²) in [4.78, 5) is 12.2.